The van der Waals surface area contributed by atoms with E-state index in [0.29, 0.717) is 22.9 Å². The highest BCUT2D eigenvalue weighted by Crippen LogP contribution is 2.36. The lowest BCUT2D eigenvalue weighted by Gasteiger charge is -2.07. The molecule has 0 bridgehead atoms. The van der Waals surface area contributed by atoms with Crippen molar-refractivity contribution in [3.8, 4) is 0 Å². The van der Waals surface area contributed by atoms with Crippen LogP contribution in [-0.4, -0.2) is 22.1 Å². The van der Waals surface area contributed by atoms with Gasteiger partial charge in [0, 0.05) is 15.2 Å². The Kier molecular flexibility index (Phi) is 3.79. The summed E-state index contributed by atoms with van der Waals surface area (Å²) < 4.78 is 46.3. The highest BCUT2D eigenvalue weighted by atomic mass is 79.9. The van der Waals surface area contributed by atoms with E-state index in [1.807, 2.05) is 0 Å². The standard InChI is InChI=1S/C10H10BrClO4S2/c11-9-5-7(6-17(12,13)14)1-4-10(9)18(15,16)8-2-3-8/h1,4-5,8H,2-3,6H2. The molecule has 0 atom stereocenters. The van der Waals surface area contributed by atoms with Crippen molar-refractivity contribution < 1.29 is 16.8 Å². The van der Waals surface area contributed by atoms with E-state index >= 15 is 0 Å². The van der Waals surface area contributed by atoms with Crippen LogP contribution in [0.15, 0.2) is 27.6 Å². The zero-order valence-corrected chi connectivity index (χ0v) is 13.1. The zero-order valence-electron chi connectivity index (χ0n) is 9.14. The molecule has 2 rings (SSSR count). The minimum Gasteiger partial charge on any atom is -0.223 e. The Labute approximate surface area is 119 Å². The van der Waals surface area contributed by atoms with Crippen molar-refractivity contribution in [1.29, 1.82) is 0 Å². The van der Waals surface area contributed by atoms with Crippen LogP contribution in [0.4, 0.5) is 0 Å². The minimum atomic E-state index is -3.64. The maximum atomic E-state index is 12.0. The maximum Gasteiger partial charge on any atom is 0.236 e. The first kappa shape index (κ1) is 14.3. The molecule has 0 saturated heterocycles. The predicted octanol–water partition coefficient (Wildman–Crippen LogP) is 2.45. The van der Waals surface area contributed by atoms with Gasteiger partial charge in [-0.05, 0) is 46.5 Å². The van der Waals surface area contributed by atoms with Gasteiger partial charge in [-0.15, -0.1) is 0 Å². The fourth-order valence-electron chi connectivity index (χ4n) is 1.62. The van der Waals surface area contributed by atoms with Crippen molar-refractivity contribution in [3.63, 3.8) is 0 Å². The van der Waals surface area contributed by atoms with Crippen LogP contribution < -0.4 is 0 Å². The molecular formula is C10H10BrClO4S2. The largest absolute Gasteiger partial charge is 0.236 e. The number of benzene rings is 1. The summed E-state index contributed by atoms with van der Waals surface area (Å²) in [6.07, 6.45) is 1.37. The molecule has 1 aliphatic rings. The normalized spacial score (nSPS) is 16.8. The smallest absolute Gasteiger partial charge is 0.223 e. The number of halogens is 2. The maximum absolute atomic E-state index is 12.0. The summed E-state index contributed by atoms with van der Waals surface area (Å²) in [5.41, 5.74) is 0.451. The molecule has 1 aromatic rings. The van der Waals surface area contributed by atoms with Crippen LogP contribution >= 0.6 is 26.6 Å². The lowest BCUT2D eigenvalue weighted by atomic mass is 10.2. The fourth-order valence-corrected chi connectivity index (χ4v) is 5.38. The first-order valence-corrected chi connectivity index (χ1v) is 9.96. The average Bonchev–Trinajstić information content (AvgIpc) is 2.96. The van der Waals surface area contributed by atoms with Gasteiger partial charge in [-0.2, -0.15) is 0 Å². The predicted molar refractivity (Wildman–Crippen MR) is 72.8 cm³/mol. The van der Waals surface area contributed by atoms with Crippen LogP contribution in [0.3, 0.4) is 0 Å². The molecule has 0 aliphatic heterocycles. The van der Waals surface area contributed by atoms with Crippen LogP contribution in [0.1, 0.15) is 18.4 Å². The second-order valence-electron chi connectivity index (χ2n) is 4.19. The molecule has 0 heterocycles. The van der Waals surface area contributed by atoms with E-state index in [9.17, 15) is 16.8 Å². The summed E-state index contributed by atoms with van der Waals surface area (Å²) in [6.45, 7) is 0. The Hall–Kier alpha value is -0.110. The van der Waals surface area contributed by atoms with Crippen LogP contribution in [0, 0.1) is 0 Å². The first-order chi connectivity index (χ1) is 8.20. The molecule has 1 aliphatic carbocycles. The van der Waals surface area contributed by atoms with Crippen molar-refractivity contribution in [3.05, 3.63) is 28.2 Å². The summed E-state index contributed by atoms with van der Waals surface area (Å²) in [5, 5.41) is -0.295. The molecule has 0 N–H and O–H groups in total. The van der Waals surface area contributed by atoms with Crippen molar-refractivity contribution in [2.45, 2.75) is 28.7 Å². The topological polar surface area (TPSA) is 68.3 Å². The molecule has 18 heavy (non-hydrogen) atoms. The van der Waals surface area contributed by atoms with Gasteiger partial charge >= 0.3 is 0 Å². The quantitative estimate of drug-likeness (QED) is 0.760. The molecule has 8 heteroatoms. The van der Waals surface area contributed by atoms with Crippen LogP contribution in [-0.2, 0) is 24.6 Å². The van der Waals surface area contributed by atoms with Gasteiger partial charge in [0.1, 0.15) is 0 Å². The van der Waals surface area contributed by atoms with E-state index in [1.54, 1.807) is 0 Å². The van der Waals surface area contributed by atoms with Gasteiger partial charge in [0.25, 0.3) is 0 Å². The fraction of sp³-hybridized carbons (Fsp3) is 0.400. The lowest BCUT2D eigenvalue weighted by Crippen LogP contribution is -2.08. The summed E-state index contributed by atoms with van der Waals surface area (Å²) in [5.74, 6) is -0.323. The molecule has 100 valence electrons. The van der Waals surface area contributed by atoms with Gasteiger partial charge in [0.05, 0.1) is 15.9 Å². The van der Waals surface area contributed by atoms with Gasteiger partial charge in [0.15, 0.2) is 9.84 Å². The number of sulfone groups is 1. The van der Waals surface area contributed by atoms with E-state index < -0.39 is 18.9 Å². The molecule has 0 amide bonds. The second-order valence-corrected chi connectivity index (χ2v) is 10.0. The Balaban J connectivity index is 2.37. The Morgan fingerprint density at radius 3 is 2.28 bits per heavy atom. The van der Waals surface area contributed by atoms with E-state index in [2.05, 4.69) is 15.9 Å². The SMILES string of the molecule is O=S(=O)(Cl)Cc1ccc(S(=O)(=O)C2CC2)c(Br)c1. The molecule has 1 fully saturated rings. The van der Waals surface area contributed by atoms with E-state index in [4.69, 9.17) is 10.7 Å². The molecule has 0 spiro atoms. The number of hydrogen-bond acceptors (Lipinski definition) is 4. The molecule has 4 nitrogen and oxygen atoms in total. The number of rotatable bonds is 4. The van der Waals surface area contributed by atoms with Crippen LogP contribution in [0.2, 0.25) is 0 Å². The second kappa shape index (κ2) is 4.77. The average molecular weight is 374 g/mol. The highest BCUT2D eigenvalue weighted by Gasteiger charge is 2.37. The van der Waals surface area contributed by atoms with Crippen molar-refractivity contribution in [1.82, 2.24) is 0 Å². The molecular weight excluding hydrogens is 364 g/mol. The zero-order chi connectivity index (χ0) is 13.6. The van der Waals surface area contributed by atoms with Gasteiger partial charge in [-0.3, -0.25) is 0 Å². The first-order valence-electron chi connectivity index (χ1n) is 5.15. The summed E-state index contributed by atoms with van der Waals surface area (Å²) in [4.78, 5) is 0.209. The van der Waals surface area contributed by atoms with Crippen molar-refractivity contribution in [2.75, 3.05) is 0 Å². The summed E-state index contributed by atoms with van der Waals surface area (Å²) in [6, 6.07) is 4.38. The van der Waals surface area contributed by atoms with Crippen molar-refractivity contribution >= 4 is 45.5 Å². The van der Waals surface area contributed by atoms with Gasteiger partial charge < -0.3 is 0 Å². The lowest BCUT2D eigenvalue weighted by molar-refractivity contribution is 0.594. The molecule has 0 aromatic heterocycles. The molecule has 0 unspecified atom stereocenters. The molecule has 1 aromatic carbocycles. The summed E-state index contributed by atoms with van der Waals surface area (Å²) in [7, 11) is -1.78. The van der Waals surface area contributed by atoms with Gasteiger partial charge in [-0.1, -0.05) is 6.07 Å². The summed E-state index contributed by atoms with van der Waals surface area (Å²) >= 11 is 3.17. The Bertz CT molecular complexity index is 678. The third-order valence-corrected chi connectivity index (χ3v) is 6.85. The molecule has 0 radical (unpaired) electrons. The third-order valence-electron chi connectivity index (χ3n) is 2.61. The van der Waals surface area contributed by atoms with Crippen molar-refractivity contribution in [2.24, 2.45) is 0 Å². The molecule has 1 saturated carbocycles. The van der Waals surface area contributed by atoms with E-state index in [-0.39, 0.29) is 15.9 Å². The van der Waals surface area contributed by atoms with Crippen LogP contribution in [0.5, 0.6) is 0 Å². The number of hydrogen-bond donors (Lipinski definition) is 0. The highest BCUT2D eigenvalue weighted by molar-refractivity contribution is 9.10. The third kappa shape index (κ3) is 3.26. The minimum absolute atomic E-state index is 0.209. The Morgan fingerprint density at radius 2 is 1.83 bits per heavy atom. The monoisotopic (exact) mass is 372 g/mol. The van der Waals surface area contributed by atoms with Gasteiger partial charge in [-0.25, -0.2) is 16.8 Å². The Morgan fingerprint density at radius 1 is 1.22 bits per heavy atom. The van der Waals surface area contributed by atoms with E-state index in [1.165, 1.54) is 18.2 Å². The van der Waals surface area contributed by atoms with Crippen LogP contribution in [0.25, 0.3) is 0 Å². The van der Waals surface area contributed by atoms with Gasteiger partial charge in [0.2, 0.25) is 9.05 Å². The van der Waals surface area contributed by atoms with E-state index in [0.717, 1.165) is 0 Å².